The number of aliphatic imine (C=N–C) groups is 1. The highest BCUT2D eigenvalue weighted by Crippen LogP contribution is 2.28. The van der Waals surface area contributed by atoms with Gasteiger partial charge in [0, 0.05) is 6.04 Å². The molecule has 0 saturated heterocycles. The summed E-state index contributed by atoms with van der Waals surface area (Å²) in [5, 5.41) is 3.43. The molecule has 98 valence electrons. The van der Waals surface area contributed by atoms with Crippen molar-refractivity contribution >= 4 is 5.96 Å². The van der Waals surface area contributed by atoms with Crippen LogP contribution in [-0.2, 0) is 0 Å². The average Bonchev–Trinajstić information content (AvgIpc) is 2.67. The summed E-state index contributed by atoms with van der Waals surface area (Å²) < 4.78 is 0. The lowest BCUT2D eigenvalue weighted by atomic mass is 9.80. The molecule has 0 radical (unpaired) electrons. The summed E-state index contributed by atoms with van der Waals surface area (Å²) in [6, 6.07) is 1.03. The maximum absolute atomic E-state index is 6.01. The van der Waals surface area contributed by atoms with Crippen LogP contribution in [0.5, 0.6) is 0 Å². The molecule has 3 nitrogen and oxygen atoms in total. The first kappa shape index (κ1) is 12.7. The molecule has 0 aromatic carbocycles. The number of nitrogens with two attached hydrogens (primary N) is 1. The van der Waals surface area contributed by atoms with E-state index < -0.39 is 0 Å². The van der Waals surface area contributed by atoms with Crippen LogP contribution in [0.25, 0.3) is 0 Å². The monoisotopic (exact) mass is 237 g/mol. The van der Waals surface area contributed by atoms with Crippen LogP contribution in [0.4, 0.5) is 0 Å². The van der Waals surface area contributed by atoms with Gasteiger partial charge in [-0.2, -0.15) is 0 Å². The molecule has 2 fully saturated rings. The fraction of sp³-hybridized carbons (Fsp3) is 0.929. The van der Waals surface area contributed by atoms with Gasteiger partial charge in [0.1, 0.15) is 0 Å². The maximum Gasteiger partial charge on any atom is 0.189 e. The van der Waals surface area contributed by atoms with Gasteiger partial charge in [-0.1, -0.05) is 26.7 Å². The van der Waals surface area contributed by atoms with E-state index in [1.54, 1.807) is 0 Å². The Morgan fingerprint density at radius 2 is 1.65 bits per heavy atom. The topological polar surface area (TPSA) is 50.4 Å². The largest absolute Gasteiger partial charge is 0.370 e. The van der Waals surface area contributed by atoms with Crippen molar-refractivity contribution in [3.63, 3.8) is 0 Å². The molecule has 0 amide bonds. The molecule has 17 heavy (non-hydrogen) atoms. The third-order valence-electron chi connectivity index (χ3n) is 4.18. The first-order valence-electron chi connectivity index (χ1n) is 7.23. The number of nitrogens with one attached hydrogen (secondary N) is 1. The van der Waals surface area contributed by atoms with Gasteiger partial charge in [-0.15, -0.1) is 0 Å². The molecular formula is C14H27N3. The molecule has 2 atom stereocenters. The summed E-state index contributed by atoms with van der Waals surface area (Å²) in [6.07, 6.45) is 8.92. The molecule has 2 saturated carbocycles. The minimum atomic E-state index is 0.487. The number of rotatable bonds is 2. The Bertz CT molecular complexity index is 259. The number of guanidine groups is 1. The van der Waals surface area contributed by atoms with Gasteiger partial charge < -0.3 is 11.1 Å². The third kappa shape index (κ3) is 3.90. The standard InChI is InChI=1S/C14H27N3/c1-10-7-11(2)9-13(8-10)17-14(15)16-12-5-3-4-6-12/h10-13H,3-9H2,1-2H3,(H3,15,16,17). The molecule has 2 aliphatic carbocycles. The van der Waals surface area contributed by atoms with Gasteiger partial charge in [0.25, 0.3) is 0 Å². The van der Waals surface area contributed by atoms with E-state index in [1.165, 1.54) is 44.9 Å². The predicted molar refractivity (Wildman–Crippen MR) is 73.0 cm³/mol. The molecule has 3 heteroatoms. The summed E-state index contributed by atoms with van der Waals surface area (Å²) >= 11 is 0. The quantitative estimate of drug-likeness (QED) is 0.573. The first-order chi connectivity index (χ1) is 8.13. The van der Waals surface area contributed by atoms with Gasteiger partial charge in [0.05, 0.1) is 6.04 Å². The Morgan fingerprint density at radius 3 is 2.24 bits per heavy atom. The Kier molecular flexibility index (Phi) is 4.30. The molecule has 0 aliphatic heterocycles. The van der Waals surface area contributed by atoms with Gasteiger partial charge in [-0.25, -0.2) is 0 Å². The molecule has 3 N–H and O–H groups in total. The van der Waals surface area contributed by atoms with Crippen molar-refractivity contribution in [2.24, 2.45) is 22.6 Å². The van der Waals surface area contributed by atoms with Crippen molar-refractivity contribution in [3.05, 3.63) is 0 Å². The summed E-state index contributed by atoms with van der Waals surface area (Å²) in [6.45, 7) is 4.68. The molecule has 2 unspecified atom stereocenters. The van der Waals surface area contributed by atoms with Crippen LogP contribution >= 0.6 is 0 Å². The van der Waals surface area contributed by atoms with E-state index in [0.717, 1.165) is 11.8 Å². The molecule has 0 bridgehead atoms. The van der Waals surface area contributed by atoms with Crippen LogP contribution in [0.3, 0.4) is 0 Å². The maximum atomic E-state index is 6.01. The second-order valence-corrected chi connectivity index (χ2v) is 6.21. The summed E-state index contributed by atoms with van der Waals surface area (Å²) in [7, 11) is 0. The SMILES string of the molecule is CC1CC(C)CC(NC(N)=NC2CCCC2)C1. The fourth-order valence-electron chi connectivity index (χ4n) is 3.54. The first-order valence-corrected chi connectivity index (χ1v) is 7.23. The van der Waals surface area contributed by atoms with Crippen LogP contribution in [-0.4, -0.2) is 18.0 Å². The second kappa shape index (κ2) is 5.74. The highest BCUT2D eigenvalue weighted by Gasteiger charge is 2.24. The smallest absolute Gasteiger partial charge is 0.189 e. The van der Waals surface area contributed by atoms with Crippen LogP contribution in [0.1, 0.15) is 58.8 Å². The van der Waals surface area contributed by atoms with Crippen molar-refractivity contribution in [1.29, 1.82) is 0 Å². The highest BCUT2D eigenvalue weighted by molar-refractivity contribution is 5.78. The lowest BCUT2D eigenvalue weighted by molar-refractivity contribution is 0.255. The molecule has 0 aromatic rings. The van der Waals surface area contributed by atoms with Crippen LogP contribution in [0.2, 0.25) is 0 Å². The Morgan fingerprint density at radius 1 is 1.06 bits per heavy atom. The van der Waals surface area contributed by atoms with Gasteiger partial charge in [0.2, 0.25) is 0 Å². The van der Waals surface area contributed by atoms with Crippen molar-refractivity contribution in [2.75, 3.05) is 0 Å². The lowest BCUT2D eigenvalue weighted by Gasteiger charge is -2.32. The van der Waals surface area contributed by atoms with Crippen LogP contribution in [0.15, 0.2) is 4.99 Å². The third-order valence-corrected chi connectivity index (χ3v) is 4.18. The van der Waals surface area contributed by atoms with E-state index in [2.05, 4.69) is 24.2 Å². The number of hydrogen-bond donors (Lipinski definition) is 2. The molecule has 2 aliphatic rings. The van der Waals surface area contributed by atoms with E-state index in [1.807, 2.05) is 0 Å². The second-order valence-electron chi connectivity index (χ2n) is 6.21. The van der Waals surface area contributed by atoms with Crippen LogP contribution in [0, 0.1) is 11.8 Å². The fourth-order valence-corrected chi connectivity index (χ4v) is 3.54. The minimum Gasteiger partial charge on any atom is -0.370 e. The van der Waals surface area contributed by atoms with Crippen molar-refractivity contribution in [2.45, 2.75) is 70.9 Å². The Labute approximate surface area is 105 Å². The number of hydrogen-bond acceptors (Lipinski definition) is 1. The zero-order valence-electron chi connectivity index (χ0n) is 11.3. The predicted octanol–water partition coefficient (Wildman–Crippen LogP) is 2.66. The van der Waals surface area contributed by atoms with Gasteiger partial charge in [-0.05, 0) is 43.9 Å². The number of nitrogens with zero attached hydrogens (tertiary/aromatic N) is 1. The Balaban J connectivity index is 1.82. The van der Waals surface area contributed by atoms with E-state index in [0.29, 0.717) is 18.0 Å². The van der Waals surface area contributed by atoms with Crippen LogP contribution < -0.4 is 11.1 Å². The summed E-state index contributed by atoms with van der Waals surface area (Å²) in [4.78, 5) is 4.60. The average molecular weight is 237 g/mol. The molecule has 0 aromatic heterocycles. The minimum absolute atomic E-state index is 0.487. The molecule has 0 spiro atoms. The van der Waals surface area contributed by atoms with Crippen molar-refractivity contribution in [1.82, 2.24) is 5.32 Å². The van der Waals surface area contributed by atoms with E-state index in [-0.39, 0.29) is 0 Å². The molecule has 0 heterocycles. The zero-order chi connectivity index (χ0) is 12.3. The normalized spacial score (nSPS) is 36.1. The van der Waals surface area contributed by atoms with Crippen molar-refractivity contribution < 1.29 is 0 Å². The highest BCUT2D eigenvalue weighted by atomic mass is 15.1. The summed E-state index contributed by atoms with van der Waals surface area (Å²) in [5.41, 5.74) is 6.01. The molecular weight excluding hydrogens is 210 g/mol. The van der Waals surface area contributed by atoms with E-state index in [4.69, 9.17) is 5.73 Å². The molecule has 2 rings (SSSR count). The van der Waals surface area contributed by atoms with Gasteiger partial charge in [-0.3, -0.25) is 4.99 Å². The van der Waals surface area contributed by atoms with E-state index >= 15 is 0 Å². The zero-order valence-corrected chi connectivity index (χ0v) is 11.3. The van der Waals surface area contributed by atoms with Gasteiger partial charge in [0.15, 0.2) is 5.96 Å². The van der Waals surface area contributed by atoms with Gasteiger partial charge >= 0.3 is 0 Å². The van der Waals surface area contributed by atoms with E-state index in [9.17, 15) is 0 Å². The van der Waals surface area contributed by atoms with Crippen molar-refractivity contribution in [3.8, 4) is 0 Å². The Hall–Kier alpha value is -0.730. The summed E-state index contributed by atoms with van der Waals surface area (Å²) in [5.74, 6) is 2.31. The lowest BCUT2D eigenvalue weighted by Crippen LogP contribution is -2.44.